The summed E-state index contributed by atoms with van der Waals surface area (Å²) in [5, 5.41) is 13.3. The third-order valence-corrected chi connectivity index (χ3v) is 4.29. The van der Waals surface area contributed by atoms with Gasteiger partial charge in [0.15, 0.2) is 0 Å². The van der Waals surface area contributed by atoms with Crippen LogP contribution in [0.3, 0.4) is 0 Å². The maximum Gasteiger partial charge on any atom is 0.321 e. The Balaban J connectivity index is 1.96. The number of rotatable bonds is 5. The predicted molar refractivity (Wildman–Crippen MR) is 92.4 cm³/mol. The van der Waals surface area contributed by atoms with Crippen molar-refractivity contribution >= 4 is 28.2 Å². The summed E-state index contributed by atoms with van der Waals surface area (Å²) < 4.78 is 11.4. The number of nitro benzene ring substituents is 1. The molecule has 24 heavy (non-hydrogen) atoms. The number of anilines is 1. The Labute approximate surface area is 141 Å². The molecule has 2 aromatic carbocycles. The molecule has 2 aromatic rings. The first-order valence-electron chi connectivity index (χ1n) is 7.06. The van der Waals surface area contributed by atoms with Crippen LogP contribution in [0, 0.1) is 10.1 Å². The normalized spacial score (nSPS) is 11.6. The van der Waals surface area contributed by atoms with Gasteiger partial charge in [-0.25, -0.2) is 4.79 Å². The van der Waals surface area contributed by atoms with Crippen LogP contribution in [0.1, 0.15) is 5.56 Å². The van der Waals surface area contributed by atoms with E-state index in [1.807, 2.05) is 12.1 Å². The molecular weight excluding hydrogens is 330 g/mol. The van der Waals surface area contributed by atoms with Gasteiger partial charge in [-0.3, -0.25) is 14.3 Å². The van der Waals surface area contributed by atoms with Gasteiger partial charge in [0.1, 0.15) is 0 Å². The van der Waals surface area contributed by atoms with Crippen LogP contribution in [-0.2, 0) is 17.3 Å². The van der Waals surface area contributed by atoms with E-state index in [9.17, 15) is 19.1 Å². The van der Waals surface area contributed by atoms with Crippen LogP contribution in [0.4, 0.5) is 16.2 Å². The molecule has 0 fully saturated rings. The van der Waals surface area contributed by atoms with E-state index >= 15 is 0 Å². The van der Waals surface area contributed by atoms with Crippen molar-refractivity contribution in [1.82, 2.24) is 4.90 Å². The highest BCUT2D eigenvalue weighted by atomic mass is 32.2. The van der Waals surface area contributed by atoms with E-state index in [0.717, 1.165) is 10.5 Å². The molecule has 0 saturated heterocycles. The highest BCUT2D eigenvalue weighted by molar-refractivity contribution is 7.84. The Morgan fingerprint density at radius 1 is 1.17 bits per heavy atom. The van der Waals surface area contributed by atoms with E-state index in [1.54, 1.807) is 25.4 Å². The lowest BCUT2D eigenvalue weighted by molar-refractivity contribution is -0.384. The van der Waals surface area contributed by atoms with E-state index in [1.165, 1.54) is 29.2 Å². The molecule has 1 atom stereocenters. The van der Waals surface area contributed by atoms with Crippen LogP contribution in [0.5, 0.6) is 0 Å². The number of nitrogens with zero attached hydrogens (tertiary/aromatic N) is 2. The van der Waals surface area contributed by atoms with Crippen LogP contribution >= 0.6 is 0 Å². The number of carbonyl (C=O) groups excluding carboxylic acids is 1. The summed E-state index contributed by atoms with van der Waals surface area (Å²) in [6.07, 6.45) is 1.61. The fourth-order valence-corrected chi connectivity index (χ4v) is 2.54. The Bertz CT molecular complexity index is 760. The number of amides is 2. The van der Waals surface area contributed by atoms with Gasteiger partial charge in [0, 0.05) is 53.4 Å². The van der Waals surface area contributed by atoms with Crippen molar-refractivity contribution in [3.63, 3.8) is 0 Å². The van der Waals surface area contributed by atoms with E-state index < -0.39 is 15.7 Å². The third-order valence-electron chi connectivity index (χ3n) is 3.35. The minimum atomic E-state index is -1.03. The fourth-order valence-electron chi connectivity index (χ4n) is 2.02. The second kappa shape index (κ2) is 7.69. The second-order valence-electron chi connectivity index (χ2n) is 5.19. The van der Waals surface area contributed by atoms with Crippen LogP contribution in [0.2, 0.25) is 0 Å². The Morgan fingerprint density at radius 3 is 2.25 bits per heavy atom. The summed E-state index contributed by atoms with van der Waals surface area (Å²) in [7, 11) is 0.614. The number of nitrogens with one attached hydrogen (secondary N) is 1. The number of hydrogen-bond acceptors (Lipinski definition) is 4. The topological polar surface area (TPSA) is 92.6 Å². The van der Waals surface area contributed by atoms with Crippen LogP contribution < -0.4 is 5.32 Å². The molecule has 0 aliphatic carbocycles. The molecule has 2 rings (SSSR count). The number of carbonyl (C=O) groups is 1. The maximum absolute atomic E-state index is 12.1. The van der Waals surface area contributed by atoms with Gasteiger partial charge in [-0.15, -0.1) is 0 Å². The third kappa shape index (κ3) is 4.63. The molecule has 0 spiro atoms. The van der Waals surface area contributed by atoms with Crippen molar-refractivity contribution in [2.75, 3.05) is 18.6 Å². The van der Waals surface area contributed by atoms with Gasteiger partial charge >= 0.3 is 6.03 Å². The van der Waals surface area contributed by atoms with Crippen molar-refractivity contribution in [3.05, 3.63) is 64.2 Å². The van der Waals surface area contributed by atoms with E-state index in [4.69, 9.17) is 0 Å². The minimum Gasteiger partial charge on any atom is -0.323 e. The zero-order valence-electron chi connectivity index (χ0n) is 13.3. The molecule has 2 amide bonds. The molecule has 1 unspecified atom stereocenters. The SMILES string of the molecule is CN(Cc1ccc(S(C)=O)cc1)C(=O)Nc1ccc([N+](=O)[O-])cc1. The average molecular weight is 347 g/mol. The molecule has 8 heteroatoms. The first-order valence-corrected chi connectivity index (χ1v) is 8.61. The molecule has 0 heterocycles. The monoisotopic (exact) mass is 347 g/mol. The summed E-state index contributed by atoms with van der Waals surface area (Å²) in [5.41, 5.74) is 1.36. The zero-order valence-corrected chi connectivity index (χ0v) is 14.1. The fraction of sp³-hybridized carbons (Fsp3) is 0.188. The van der Waals surface area contributed by atoms with Gasteiger partial charge in [0.05, 0.1) is 4.92 Å². The second-order valence-corrected chi connectivity index (χ2v) is 6.57. The van der Waals surface area contributed by atoms with Gasteiger partial charge in [-0.2, -0.15) is 0 Å². The van der Waals surface area contributed by atoms with E-state index in [2.05, 4.69) is 5.32 Å². The number of nitro groups is 1. The van der Waals surface area contributed by atoms with Crippen molar-refractivity contribution in [2.45, 2.75) is 11.4 Å². The highest BCUT2D eigenvalue weighted by Gasteiger charge is 2.11. The minimum absolute atomic E-state index is 0.0326. The number of hydrogen-bond donors (Lipinski definition) is 1. The van der Waals surface area contributed by atoms with Crippen molar-refractivity contribution in [2.24, 2.45) is 0 Å². The van der Waals surface area contributed by atoms with Gasteiger partial charge < -0.3 is 10.2 Å². The average Bonchev–Trinajstić information content (AvgIpc) is 2.55. The lowest BCUT2D eigenvalue weighted by Crippen LogP contribution is -2.30. The largest absolute Gasteiger partial charge is 0.323 e. The van der Waals surface area contributed by atoms with Gasteiger partial charge in [0.25, 0.3) is 5.69 Å². The molecule has 0 aliphatic heterocycles. The molecule has 126 valence electrons. The first-order chi connectivity index (χ1) is 11.4. The van der Waals surface area contributed by atoms with Crippen LogP contribution in [-0.4, -0.2) is 33.4 Å². The smallest absolute Gasteiger partial charge is 0.321 e. The highest BCUT2D eigenvalue weighted by Crippen LogP contribution is 2.16. The Hall–Kier alpha value is -2.74. The standard InChI is InChI=1S/C16H17N3O4S/c1-18(11-12-3-9-15(10-4-12)24(2)23)16(20)17-13-5-7-14(8-6-13)19(21)22/h3-10H,11H2,1-2H3,(H,17,20). The molecule has 0 bridgehead atoms. The molecule has 7 nitrogen and oxygen atoms in total. The molecular formula is C16H17N3O4S. The Morgan fingerprint density at radius 2 is 1.75 bits per heavy atom. The number of benzene rings is 2. The molecule has 1 N–H and O–H groups in total. The molecule has 0 aromatic heterocycles. The van der Waals surface area contributed by atoms with Crippen molar-refractivity contribution in [1.29, 1.82) is 0 Å². The molecule has 0 saturated carbocycles. The summed E-state index contributed by atoms with van der Waals surface area (Å²) >= 11 is 0. The summed E-state index contributed by atoms with van der Waals surface area (Å²) in [5.74, 6) is 0. The van der Waals surface area contributed by atoms with Crippen molar-refractivity contribution in [3.8, 4) is 0 Å². The lowest BCUT2D eigenvalue weighted by Gasteiger charge is -2.18. The Kier molecular flexibility index (Phi) is 5.64. The van der Waals surface area contributed by atoms with Gasteiger partial charge in [-0.05, 0) is 29.8 Å². The lowest BCUT2D eigenvalue weighted by atomic mass is 10.2. The van der Waals surface area contributed by atoms with Crippen LogP contribution in [0.25, 0.3) is 0 Å². The summed E-state index contributed by atoms with van der Waals surface area (Å²) in [4.78, 5) is 24.5. The number of urea groups is 1. The van der Waals surface area contributed by atoms with Crippen LogP contribution in [0.15, 0.2) is 53.4 Å². The van der Waals surface area contributed by atoms with Gasteiger partial charge in [-0.1, -0.05) is 12.1 Å². The molecule has 0 aliphatic rings. The number of non-ortho nitro benzene ring substituents is 1. The quantitative estimate of drug-likeness (QED) is 0.665. The van der Waals surface area contributed by atoms with E-state index in [0.29, 0.717) is 12.2 Å². The van der Waals surface area contributed by atoms with E-state index in [-0.39, 0.29) is 11.7 Å². The maximum atomic E-state index is 12.1. The first kappa shape index (κ1) is 17.6. The van der Waals surface area contributed by atoms with Crippen molar-refractivity contribution < 1.29 is 13.9 Å². The van der Waals surface area contributed by atoms with Gasteiger partial charge in [0.2, 0.25) is 0 Å². The zero-order chi connectivity index (χ0) is 17.7. The predicted octanol–water partition coefficient (Wildman–Crippen LogP) is 3.00. The molecule has 0 radical (unpaired) electrons. The summed E-state index contributed by atoms with van der Waals surface area (Å²) in [6, 6.07) is 12.5. The summed E-state index contributed by atoms with van der Waals surface area (Å²) in [6.45, 7) is 0.384.